The number of imidazole rings is 1. The quantitative estimate of drug-likeness (QED) is 0.403. The van der Waals surface area contributed by atoms with Crippen molar-refractivity contribution in [2.45, 2.75) is 13.5 Å². The smallest absolute Gasteiger partial charge is 0.147 e. The number of anilines is 1. The van der Waals surface area contributed by atoms with Crippen molar-refractivity contribution in [1.82, 2.24) is 43.9 Å². The predicted molar refractivity (Wildman–Crippen MR) is 132 cm³/mol. The van der Waals surface area contributed by atoms with Crippen LogP contribution < -0.4 is 5.32 Å². The second-order valence-electron chi connectivity index (χ2n) is 8.23. The summed E-state index contributed by atoms with van der Waals surface area (Å²) in [7, 11) is 1.92. The van der Waals surface area contributed by atoms with Gasteiger partial charge in [0, 0.05) is 43.7 Å². The molecule has 0 aliphatic rings. The minimum Gasteiger partial charge on any atom is -0.366 e. The van der Waals surface area contributed by atoms with Crippen LogP contribution in [0, 0.1) is 6.92 Å². The van der Waals surface area contributed by atoms with E-state index in [4.69, 9.17) is 0 Å². The molecule has 35 heavy (non-hydrogen) atoms. The molecule has 0 atom stereocenters. The summed E-state index contributed by atoms with van der Waals surface area (Å²) in [5.41, 5.74) is 6.76. The Morgan fingerprint density at radius 2 is 1.80 bits per heavy atom. The molecule has 0 bridgehead atoms. The van der Waals surface area contributed by atoms with Crippen LogP contribution in [0.15, 0.2) is 79.9 Å². The van der Waals surface area contributed by atoms with Gasteiger partial charge in [-0.25, -0.2) is 24.6 Å². The van der Waals surface area contributed by atoms with Crippen molar-refractivity contribution < 1.29 is 0 Å². The van der Waals surface area contributed by atoms with E-state index in [2.05, 4.69) is 59.7 Å². The number of fused-ring (bicyclic) bond motifs is 1. The molecule has 5 aromatic heterocycles. The van der Waals surface area contributed by atoms with Gasteiger partial charge in [0.05, 0.1) is 29.5 Å². The first-order valence-corrected chi connectivity index (χ1v) is 11.1. The lowest BCUT2D eigenvalue weighted by Crippen LogP contribution is -2.02. The van der Waals surface area contributed by atoms with E-state index in [9.17, 15) is 0 Å². The molecule has 0 spiro atoms. The normalized spacial score (nSPS) is 11.3. The molecule has 0 aliphatic heterocycles. The predicted octanol–water partition coefficient (Wildman–Crippen LogP) is 3.69. The Bertz CT molecular complexity index is 1620. The number of benzene rings is 1. The van der Waals surface area contributed by atoms with Gasteiger partial charge in [0.2, 0.25) is 0 Å². The first-order valence-electron chi connectivity index (χ1n) is 11.1. The van der Waals surface area contributed by atoms with Gasteiger partial charge in [0.1, 0.15) is 29.9 Å². The Morgan fingerprint density at radius 3 is 2.57 bits per heavy atom. The number of rotatable bonds is 6. The molecule has 0 saturated heterocycles. The van der Waals surface area contributed by atoms with E-state index in [-0.39, 0.29) is 0 Å². The SMILES string of the molecule is Cc1ncn(-c2ccn3c(-c4cc(NCc5ccc(-c6cnn(C)c6)cc5)ncn4)cnc3c2)n1. The van der Waals surface area contributed by atoms with Gasteiger partial charge in [-0.2, -0.15) is 10.2 Å². The standard InChI is InChI=1S/C25H22N10/c1-17-30-16-35(32-17)21-7-8-34-23(13-27-25(34)9-21)22-10-24(29-15-28-22)26-11-18-3-5-19(6-4-18)20-12-31-33(2)14-20/h3-10,12-16H,11H2,1-2H3,(H,26,28,29). The molecule has 0 aliphatic carbocycles. The zero-order valence-corrected chi connectivity index (χ0v) is 19.2. The molecule has 10 heteroatoms. The van der Waals surface area contributed by atoms with Gasteiger partial charge >= 0.3 is 0 Å². The highest BCUT2D eigenvalue weighted by Crippen LogP contribution is 2.23. The van der Waals surface area contributed by atoms with Crippen LogP contribution in [0.5, 0.6) is 0 Å². The van der Waals surface area contributed by atoms with Crippen LogP contribution in [-0.4, -0.2) is 43.9 Å². The van der Waals surface area contributed by atoms with Gasteiger partial charge in [-0.1, -0.05) is 24.3 Å². The minimum absolute atomic E-state index is 0.650. The maximum atomic E-state index is 4.56. The minimum atomic E-state index is 0.650. The lowest BCUT2D eigenvalue weighted by molar-refractivity contribution is 0.768. The van der Waals surface area contributed by atoms with Gasteiger partial charge in [-0.15, -0.1) is 0 Å². The van der Waals surface area contributed by atoms with Crippen molar-refractivity contribution in [3.8, 4) is 28.2 Å². The molecule has 172 valence electrons. The van der Waals surface area contributed by atoms with E-state index in [1.165, 1.54) is 0 Å². The molecule has 1 aromatic carbocycles. The van der Waals surface area contributed by atoms with Crippen LogP contribution in [0.1, 0.15) is 11.4 Å². The maximum Gasteiger partial charge on any atom is 0.147 e. The first kappa shape index (κ1) is 20.7. The lowest BCUT2D eigenvalue weighted by Gasteiger charge is -2.08. The van der Waals surface area contributed by atoms with E-state index < -0.39 is 0 Å². The molecule has 6 aromatic rings. The molecular formula is C25H22N10. The van der Waals surface area contributed by atoms with Gasteiger partial charge in [-0.05, 0) is 24.1 Å². The Kier molecular flexibility index (Phi) is 5.03. The van der Waals surface area contributed by atoms with Gasteiger partial charge in [0.15, 0.2) is 0 Å². The largest absolute Gasteiger partial charge is 0.366 e. The van der Waals surface area contributed by atoms with Crippen LogP contribution in [-0.2, 0) is 13.6 Å². The summed E-state index contributed by atoms with van der Waals surface area (Å²) < 4.78 is 5.54. The van der Waals surface area contributed by atoms with Crippen LogP contribution >= 0.6 is 0 Å². The molecule has 0 unspecified atom stereocenters. The van der Waals surface area contributed by atoms with E-state index in [0.29, 0.717) is 6.54 Å². The number of aromatic nitrogens is 9. The van der Waals surface area contributed by atoms with Crippen molar-refractivity contribution in [2.24, 2.45) is 7.05 Å². The highest BCUT2D eigenvalue weighted by atomic mass is 15.3. The number of pyridine rings is 1. The van der Waals surface area contributed by atoms with E-state index >= 15 is 0 Å². The topological polar surface area (TPSA) is 104 Å². The Morgan fingerprint density at radius 1 is 0.914 bits per heavy atom. The zero-order chi connectivity index (χ0) is 23.8. The average molecular weight is 463 g/mol. The van der Waals surface area contributed by atoms with Crippen LogP contribution in [0.3, 0.4) is 0 Å². The van der Waals surface area contributed by atoms with E-state index in [1.807, 2.05) is 61.4 Å². The van der Waals surface area contributed by atoms with Crippen molar-refractivity contribution in [1.29, 1.82) is 0 Å². The van der Waals surface area contributed by atoms with Gasteiger partial charge in [0.25, 0.3) is 0 Å². The average Bonchev–Trinajstić information content (AvgIpc) is 3.62. The number of hydrogen-bond donors (Lipinski definition) is 1. The Hall–Kier alpha value is -4.86. The fourth-order valence-corrected chi connectivity index (χ4v) is 3.94. The molecular weight excluding hydrogens is 440 g/mol. The molecule has 10 nitrogen and oxygen atoms in total. The molecule has 0 amide bonds. The molecule has 6 rings (SSSR count). The number of hydrogen-bond acceptors (Lipinski definition) is 7. The van der Waals surface area contributed by atoms with Gasteiger partial charge in [-0.3, -0.25) is 9.08 Å². The second kappa shape index (κ2) is 8.49. The summed E-state index contributed by atoms with van der Waals surface area (Å²) >= 11 is 0. The summed E-state index contributed by atoms with van der Waals surface area (Å²) in [6, 6.07) is 14.3. The fourth-order valence-electron chi connectivity index (χ4n) is 3.94. The molecule has 0 saturated carbocycles. The molecule has 1 N–H and O–H groups in total. The Labute approximate surface area is 201 Å². The maximum absolute atomic E-state index is 4.56. The summed E-state index contributed by atoms with van der Waals surface area (Å²) in [4.78, 5) is 17.6. The third kappa shape index (κ3) is 4.12. The van der Waals surface area contributed by atoms with Crippen molar-refractivity contribution in [2.75, 3.05) is 5.32 Å². The van der Waals surface area contributed by atoms with Gasteiger partial charge < -0.3 is 5.32 Å². The van der Waals surface area contributed by atoms with Crippen molar-refractivity contribution in [3.05, 3.63) is 91.3 Å². The summed E-state index contributed by atoms with van der Waals surface area (Å²) in [6.45, 7) is 2.51. The summed E-state index contributed by atoms with van der Waals surface area (Å²) in [6.07, 6.45) is 10.9. The fraction of sp³-hybridized carbons (Fsp3) is 0.120. The van der Waals surface area contributed by atoms with E-state index in [1.54, 1.807) is 22.0 Å². The number of aryl methyl sites for hydroxylation is 2. The van der Waals surface area contributed by atoms with Crippen LogP contribution in [0.2, 0.25) is 0 Å². The van der Waals surface area contributed by atoms with Crippen LogP contribution in [0.4, 0.5) is 5.82 Å². The van der Waals surface area contributed by atoms with Crippen LogP contribution in [0.25, 0.3) is 33.8 Å². The molecule has 5 heterocycles. The molecule has 0 fully saturated rings. The first-order chi connectivity index (χ1) is 17.1. The highest BCUT2D eigenvalue weighted by Gasteiger charge is 2.10. The monoisotopic (exact) mass is 462 g/mol. The Balaban J connectivity index is 1.19. The number of nitrogens with zero attached hydrogens (tertiary/aromatic N) is 9. The zero-order valence-electron chi connectivity index (χ0n) is 19.2. The van der Waals surface area contributed by atoms with E-state index in [0.717, 1.165) is 51.1 Å². The highest BCUT2D eigenvalue weighted by molar-refractivity contribution is 5.64. The lowest BCUT2D eigenvalue weighted by atomic mass is 10.1. The summed E-state index contributed by atoms with van der Waals surface area (Å²) in [5, 5.41) is 12.0. The summed E-state index contributed by atoms with van der Waals surface area (Å²) in [5.74, 6) is 1.47. The number of nitrogens with one attached hydrogen (secondary N) is 1. The second-order valence-corrected chi connectivity index (χ2v) is 8.23. The van der Waals surface area contributed by atoms with Crippen molar-refractivity contribution in [3.63, 3.8) is 0 Å². The third-order valence-corrected chi connectivity index (χ3v) is 5.76. The van der Waals surface area contributed by atoms with Crippen molar-refractivity contribution >= 4 is 11.5 Å². The molecule has 0 radical (unpaired) electrons. The third-order valence-electron chi connectivity index (χ3n) is 5.76.